The first-order valence-corrected chi connectivity index (χ1v) is 7.12. The lowest BCUT2D eigenvalue weighted by Crippen LogP contribution is -2.36. The van der Waals surface area contributed by atoms with Crippen molar-refractivity contribution in [2.24, 2.45) is 0 Å². The Labute approximate surface area is 124 Å². The summed E-state index contributed by atoms with van der Waals surface area (Å²) in [4.78, 5) is 18.7. The number of carbonyl (C=O) groups is 1. The molecule has 0 unspecified atom stereocenters. The molecule has 0 spiro atoms. The van der Waals surface area contributed by atoms with Crippen LogP contribution in [0.2, 0.25) is 0 Å². The van der Waals surface area contributed by atoms with Gasteiger partial charge in [0, 0.05) is 32.3 Å². The molecule has 112 valence electrons. The van der Waals surface area contributed by atoms with Crippen molar-refractivity contribution in [3.8, 4) is 11.8 Å². The van der Waals surface area contributed by atoms with E-state index >= 15 is 0 Å². The molecule has 1 saturated carbocycles. The van der Waals surface area contributed by atoms with E-state index in [-0.39, 0.29) is 12.5 Å². The second kappa shape index (κ2) is 7.77. The first kappa shape index (κ1) is 15.5. The smallest absolute Gasteiger partial charge is 0.274 e. The quantitative estimate of drug-likeness (QED) is 0.795. The molecule has 1 amide bonds. The maximum Gasteiger partial charge on any atom is 0.274 e. The Morgan fingerprint density at radius 1 is 1.57 bits per heavy atom. The lowest BCUT2D eigenvalue weighted by Gasteiger charge is -2.22. The number of rotatable bonds is 6. The number of amides is 1. The second-order valence-corrected chi connectivity index (χ2v) is 4.90. The summed E-state index contributed by atoms with van der Waals surface area (Å²) in [6.45, 7) is 1.10. The van der Waals surface area contributed by atoms with E-state index in [0.717, 1.165) is 12.8 Å². The molecule has 0 bridgehead atoms. The largest absolute Gasteiger partial charge is 0.395 e. The summed E-state index contributed by atoms with van der Waals surface area (Å²) >= 11 is 0. The molecule has 1 N–H and O–H groups in total. The highest BCUT2D eigenvalue weighted by molar-refractivity contribution is 5.95. The first-order valence-electron chi connectivity index (χ1n) is 7.12. The van der Waals surface area contributed by atoms with Crippen molar-refractivity contribution in [1.82, 2.24) is 9.88 Å². The van der Waals surface area contributed by atoms with Gasteiger partial charge in [0.1, 0.15) is 5.69 Å². The van der Waals surface area contributed by atoms with Gasteiger partial charge in [-0.2, -0.15) is 0 Å². The van der Waals surface area contributed by atoms with Crippen molar-refractivity contribution < 1.29 is 14.6 Å². The highest BCUT2D eigenvalue weighted by atomic mass is 16.5. The van der Waals surface area contributed by atoms with Crippen LogP contribution in [0.25, 0.3) is 0 Å². The Kier molecular flexibility index (Phi) is 5.73. The molecule has 0 saturated heterocycles. The predicted octanol–water partition coefficient (Wildman–Crippen LogP) is 1.07. The third kappa shape index (κ3) is 4.28. The van der Waals surface area contributed by atoms with Gasteiger partial charge in [0.15, 0.2) is 0 Å². The lowest BCUT2D eigenvalue weighted by atomic mass is 10.1. The highest BCUT2D eigenvalue weighted by Crippen LogP contribution is 2.28. The van der Waals surface area contributed by atoms with E-state index in [4.69, 9.17) is 9.84 Å². The second-order valence-electron chi connectivity index (χ2n) is 4.90. The van der Waals surface area contributed by atoms with Gasteiger partial charge in [0.25, 0.3) is 5.91 Å². The molecule has 1 aliphatic rings. The summed E-state index contributed by atoms with van der Waals surface area (Å²) in [6, 6.07) is 3.84. The SMILES string of the molecule is COCCN(C(=O)c1ncccc1C#CCCO)C1CC1. The van der Waals surface area contributed by atoms with Crippen LogP contribution in [0.4, 0.5) is 0 Å². The summed E-state index contributed by atoms with van der Waals surface area (Å²) in [5.74, 6) is 5.66. The zero-order chi connectivity index (χ0) is 15.1. The van der Waals surface area contributed by atoms with Gasteiger partial charge in [0.05, 0.1) is 18.8 Å². The zero-order valence-electron chi connectivity index (χ0n) is 12.2. The topological polar surface area (TPSA) is 62.7 Å². The minimum Gasteiger partial charge on any atom is -0.395 e. The number of ether oxygens (including phenoxy) is 1. The molecule has 0 aromatic carbocycles. The van der Waals surface area contributed by atoms with Crippen LogP contribution in [-0.4, -0.2) is 53.8 Å². The Balaban J connectivity index is 2.19. The number of hydrogen-bond acceptors (Lipinski definition) is 4. The van der Waals surface area contributed by atoms with Gasteiger partial charge in [0.2, 0.25) is 0 Å². The third-order valence-electron chi connectivity index (χ3n) is 3.25. The molecule has 1 aromatic rings. The zero-order valence-corrected chi connectivity index (χ0v) is 12.2. The van der Waals surface area contributed by atoms with Crippen molar-refractivity contribution in [3.05, 3.63) is 29.6 Å². The van der Waals surface area contributed by atoms with Crippen LogP contribution in [0.15, 0.2) is 18.3 Å². The van der Waals surface area contributed by atoms with E-state index in [1.54, 1.807) is 25.4 Å². The Morgan fingerprint density at radius 2 is 2.38 bits per heavy atom. The molecular formula is C16H20N2O3. The summed E-state index contributed by atoms with van der Waals surface area (Å²) < 4.78 is 5.08. The van der Waals surface area contributed by atoms with Crippen LogP contribution >= 0.6 is 0 Å². The molecule has 0 atom stereocenters. The monoisotopic (exact) mass is 288 g/mol. The van der Waals surface area contributed by atoms with Gasteiger partial charge in [-0.15, -0.1) is 0 Å². The van der Waals surface area contributed by atoms with E-state index in [9.17, 15) is 4.79 Å². The fourth-order valence-electron chi connectivity index (χ4n) is 2.05. The minimum absolute atomic E-state index is 0.0125. The Hall–Kier alpha value is -1.90. The molecule has 1 aliphatic carbocycles. The molecule has 1 aromatic heterocycles. The number of hydrogen-bond donors (Lipinski definition) is 1. The number of pyridine rings is 1. The summed E-state index contributed by atoms with van der Waals surface area (Å²) in [7, 11) is 1.63. The van der Waals surface area contributed by atoms with E-state index in [1.807, 2.05) is 4.90 Å². The number of aromatic nitrogens is 1. The molecule has 2 rings (SSSR count). The van der Waals surface area contributed by atoms with Gasteiger partial charge < -0.3 is 14.7 Å². The van der Waals surface area contributed by atoms with E-state index in [2.05, 4.69) is 16.8 Å². The minimum atomic E-state index is -0.0940. The number of aliphatic hydroxyl groups is 1. The van der Waals surface area contributed by atoms with Crippen LogP contribution in [-0.2, 0) is 4.74 Å². The van der Waals surface area contributed by atoms with Crippen LogP contribution in [0, 0.1) is 11.8 Å². The standard InChI is InChI=1S/C16H20N2O3/c1-21-12-10-18(14-7-8-14)16(20)15-13(5-2-3-11-19)6-4-9-17-15/h4,6,9,14,19H,3,7-8,10-12H2,1H3. The van der Waals surface area contributed by atoms with Crippen molar-refractivity contribution in [2.75, 3.05) is 26.9 Å². The lowest BCUT2D eigenvalue weighted by molar-refractivity contribution is 0.0674. The number of aliphatic hydroxyl groups excluding tert-OH is 1. The predicted molar refractivity (Wildman–Crippen MR) is 78.8 cm³/mol. The van der Waals surface area contributed by atoms with Crippen LogP contribution in [0.1, 0.15) is 35.3 Å². The molecule has 5 nitrogen and oxygen atoms in total. The summed E-state index contributed by atoms with van der Waals surface area (Å²) in [5.41, 5.74) is 0.991. The van der Waals surface area contributed by atoms with Crippen LogP contribution in [0.5, 0.6) is 0 Å². The third-order valence-corrected chi connectivity index (χ3v) is 3.25. The highest BCUT2D eigenvalue weighted by Gasteiger charge is 2.33. The van der Waals surface area contributed by atoms with Crippen molar-refractivity contribution in [2.45, 2.75) is 25.3 Å². The Morgan fingerprint density at radius 3 is 3.05 bits per heavy atom. The molecule has 21 heavy (non-hydrogen) atoms. The molecule has 0 aliphatic heterocycles. The molecule has 1 heterocycles. The fraction of sp³-hybridized carbons (Fsp3) is 0.500. The summed E-state index contributed by atoms with van der Waals surface area (Å²) in [5, 5.41) is 8.78. The van der Waals surface area contributed by atoms with Crippen molar-refractivity contribution in [1.29, 1.82) is 0 Å². The van der Waals surface area contributed by atoms with Gasteiger partial charge in [-0.1, -0.05) is 11.8 Å². The van der Waals surface area contributed by atoms with Gasteiger partial charge in [-0.25, -0.2) is 4.98 Å². The number of methoxy groups -OCH3 is 1. The first-order chi connectivity index (χ1) is 10.3. The number of carbonyl (C=O) groups excluding carboxylic acids is 1. The average molecular weight is 288 g/mol. The van der Waals surface area contributed by atoms with E-state index in [0.29, 0.717) is 36.9 Å². The van der Waals surface area contributed by atoms with Crippen LogP contribution < -0.4 is 0 Å². The molecule has 1 fully saturated rings. The summed E-state index contributed by atoms with van der Waals surface area (Å²) in [6.07, 6.45) is 4.06. The maximum atomic E-state index is 12.7. The molecule has 5 heteroatoms. The van der Waals surface area contributed by atoms with Gasteiger partial charge in [-0.05, 0) is 25.0 Å². The van der Waals surface area contributed by atoms with Crippen molar-refractivity contribution >= 4 is 5.91 Å². The van der Waals surface area contributed by atoms with Crippen LogP contribution in [0.3, 0.4) is 0 Å². The Bertz CT molecular complexity index is 544. The van der Waals surface area contributed by atoms with E-state index in [1.165, 1.54) is 0 Å². The van der Waals surface area contributed by atoms with Crippen molar-refractivity contribution in [3.63, 3.8) is 0 Å². The normalized spacial score (nSPS) is 13.4. The van der Waals surface area contributed by atoms with Gasteiger partial charge in [-0.3, -0.25) is 4.79 Å². The maximum absolute atomic E-state index is 12.7. The average Bonchev–Trinajstić information content (AvgIpc) is 3.33. The van der Waals surface area contributed by atoms with E-state index < -0.39 is 0 Å². The number of nitrogens with zero attached hydrogens (tertiary/aromatic N) is 2. The van der Waals surface area contributed by atoms with Gasteiger partial charge >= 0.3 is 0 Å². The molecular weight excluding hydrogens is 268 g/mol. The fourth-order valence-corrected chi connectivity index (χ4v) is 2.05. The molecule has 0 radical (unpaired) electrons.